The molecule has 9 heteroatoms. The van der Waals surface area contributed by atoms with Gasteiger partial charge in [0, 0.05) is 32.7 Å². The smallest absolute Gasteiger partial charge is 0.410 e. The maximum absolute atomic E-state index is 13.4. The molecule has 1 aromatic carbocycles. The number of nitrogens with one attached hydrogen (secondary N) is 1. The van der Waals surface area contributed by atoms with E-state index in [-0.39, 0.29) is 12.3 Å². The van der Waals surface area contributed by atoms with Gasteiger partial charge in [-0.25, -0.2) is 10.3 Å². The number of likely N-dealkylation sites (tertiary alicyclic amines) is 1. The number of nitrogens with zero attached hydrogens (tertiary/aromatic N) is 3. The number of amides is 3. The van der Waals surface area contributed by atoms with Crippen molar-refractivity contribution >= 4 is 23.5 Å². The van der Waals surface area contributed by atoms with E-state index in [1.165, 1.54) is 5.57 Å². The fourth-order valence-corrected chi connectivity index (χ4v) is 4.82. The minimum absolute atomic E-state index is 0.164. The van der Waals surface area contributed by atoms with Gasteiger partial charge in [0.1, 0.15) is 12.1 Å². The third-order valence-electron chi connectivity index (χ3n) is 6.57. The van der Waals surface area contributed by atoms with Gasteiger partial charge in [-0.1, -0.05) is 48.6 Å². The van der Waals surface area contributed by atoms with Gasteiger partial charge in [0.15, 0.2) is 0 Å². The molecule has 2 N–H and O–H groups in total. The fourth-order valence-electron chi connectivity index (χ4n) is 4.82. The average molecular weight is 455 g/mol. The minimum atomic E-state index is -0.838. The Labute approximate surface area is 193 Å². The number of piperidine rings is 1. The van der Waals surface area contributed by atoms with Crippen LogP contribution < -0.4 is 5.48 Å². The third kappa shape index (κ3) is 5.09. The Morgan fingerprint density at radius 2 is 1.79 bits per heavy atom. The number of carbonyl (C=O) groups excluding carboxylic acids is 3. The molecule has 1 fully saturated rings. The Balaban J connectivity index is 1.43. The molecule has 3 aliphatic rings. The van der Waals surface area contributed by atoms with Gasteiger partial charge in [-0.05, 0) is 31.0 Å². The first-order valence-corrected chi connectivity index (χ1v) is 11.3. The lowest BCUT2D eigenvalue weighted by Gasteiger charge is -2.43. The summed E-state index contributed by atoms with van der Waals surface area (Å²) in [5, 5.41) is 9.31. The summed E-state index contributed by atoms with van der Waals surface area (Å²) in [4.78, 5) is 43.4. The first-order valence-electron chi connectivity index (χ1n) is 11.3. The van der Waals surface area contributed by atoms with Gasteiger partial charge in [0.2, 0.25) is 11.8 Å². The molecular weight excluding hydrogens is 424 g/mol. The number of rotatable bonds is 4. The molecule has 4 rings (SSSR count). The lowest BCUT2D eigenvalue weighted by Crippen LogP contribution is -2.60. The maximum Gasteiger partial charge on any atom is 0.410 e. The molecule has 33 heavy (non-hydrogen) atoms. The van der Waals surface area contributed by atoms with E-state index >= 15 is 0 Å². The van der Waals surface area contributed by atoms with E-state index in [2.05, 4.69) is 18.2 Å². The highest BCUT2D eigenvalue weighted by atomic mass is 16.6. The summed E-state index contributed by atoms with van der Waals surface area (Å²) in [6.45, 7) is 2.34. The van der Waals surface area contributed by atoms with Gasteiger partial charge in [0.25, 0.3) is 0 Å². The molecule has 3 aliphatic heterocycles. The van der Waals surface area contributed by atoms with E-state index in [1.54, 1.807) is 27.2 Å². The van der Waals surface area contributed by atoms with Crippen molar-refractivity contribution in [3.63, 3.8) is 0 Å². The zero-order valence-electron chi connectivity index (χ0n) is 18.7. The van der Waals surface area contributed by atoms with Crippen LogP contribution in [0.25, 0.3) is 5.57 Å². The lowest BCUT2D eigenvalue weighted by molar-refractivity contribution is -0.151. The van der Waals surface area contributed by atoms with E-state index in [1.807, 2.05) is 30.4 Å². The molecule has 0 spiro atoms. The number of ether oxygens (including phenoxy) is 1. The normalized spacial score (nSPS) is 25.5. The second-order valence-electron chi connectivity index (χ2n) is 8.71. The number of hydrogen-bond donors (Lipinski definition) is 2. The Bertz CT molecular complexity index is 939. The molecule has 0 aromatic heterocycles. The lowest BCUT2D eigenvalue weighted by atomic mass is 9.86. The first-order chi connectivity index (χ1) is 16.0. The maximum atomic E-state index is 13.4. The van der Waals surface area contributed by atoms with Gasteiger partial charge in [-0.15, -0.1) is 0 Å². The predicted octanol–water partition coefficient (Wildman–Crippen LogP) is 1.51. The topological polar surface area (TPSA) is 102 Å². The Kier molecular flexibility index (Phi) is 7.10. The Hall–Kier alpha value is -3.17. The van der Waals surface area contributed by atoms with Crippen molar-refractivity contribution in [2.75, 3.05) is 39.8 Å². The summed E-state index contributed by atoms with van der Waals surface area (Å²) >= 11 is 0. The molecule has 176 valence electrons. The summed E-state index contributed by atoms with van der Waals surface area (Å²) in [6.07, 6.45) is 5.73. The van der Waals surface area contributed by atoms with Crippen LogP contribution in [0.2, 0.25) is 0 Å². The molecule has 1 saturated heterocycles. The summed E-state index contributed by atoms with van der Waals surface area (Å²) in [5.74, 6) is -1.65. The fraction of sp³-hybridized carbons (Fsp3) is 0.458. The zero-order valence-corrected chi connectivity index (χ0v) is 18.7. The molecule has 1 aromatic rings. The highest BCUT2D eigenvalue weighted by molar-refractivity contribution is 5.90. The van der Waals surface area contributed by atoms with Crippen LogP contribution in [0.1, 0.15) is 18.4 Å². The number of carbonyl (C=O) groups is 3. The van der Waals surface area contributed by atoms with Crippen LogP contribution in [-0.4, -0.2) is 89.7 Å². The second kappa shape index (κ2) is 10.2. The molecule has 9 nitrogen and oxygen atoms in total. The van der Waals surface area contributed by atoms with Crippen molar-refractivity contribution in [1.29, 1.82) is 0 Å². The van der Waals surface area contributed by atoms with Gasteiger partial charge in [-0.3, -0.25) is 19.7 Å². The Morgan fingerprint density at radius 3 is 2.42 bits per heavy atom. The minimum Gasteiger partial charge on any atom is -0.445 e. The molecular formula is C24H30N4O5. The summed E-state index contributed by atoms with van der Waals surface area (Å²) in [6, 6.07) is 9.32. The first kappa shape index (κ1) is 23.0. The monoisotopic (exact) mass is 454 g/mol. The van der Waals surface area contributed by atoms with Crippen LogP contribution in [0.3, 0.4) is 0 Å². The van der Waals surface area contributed by atoms with E-state index in [0.717, 1.165) is 12.0 Å². The zero-order chi connectivity index (χ0) is 23.4. The molecule has 0 saturated carbocycles. The van der Waals surface area contributed by atoms with Gasteiger partial charge in [0.05, 0.1) is 5.92 Å². The summed E-state index contributed by atoms with van der Waals surface area (Å²) in [7, 11) is 1.74. The molecule has 0 bridgehead atoms. The summed E-state index contributed by atoms with van der Waals surface area (Å²) in [5.41, 5.74) is 4.04. The van der Waals surface area contributed by atoms with Crippen molar-refractivity contribution in [3.05, 3.63) is 54.1 Å². The molecule has 0 aliphatic carbocycles. The molecule has 3 amide bonds. The van der Waals surface area contributed by atoms with Gasteiger partial charge < -0.3 is 14.5 Å². The SMILES string of the molecule is CN1CC(OC(=O)N2CC=CC2)CC(C(=O)NO)C1C(=O)N1CC=C(c2ccccc2)CC1. The van der Waals surface area contributed by atoms with Crippen LogP contribution in [0.5, 0.6) is 0 Å². The quantitative estimate of drug-likeness (QED) is 0.406. The highest BCUT2D eigenvalue weighted by Gasteiger charge is 2.45. The van der Waals surface area contributed by atoms with Crippen LogP contribution in [0, 0.1) is 5.92 Å². The molecule has 3 unspecified atom stereocenters. The van der Waals surface area contributed by atoms with Gasteiger partial charge in [-0.2, -0.15) is 0 Å². The van der Waals surface area contributed by atoms with Crippen LogP contribution in [0.4, 0.5) is 4.79 Å². The van der Waals surface area contributed by atoms with Crippen molar-refractivity contribution in [1.82, 2.24) is 20.2 Å². The number of likely N-dealkylation sites (N-methyl/N-ethyl adjacent to an activating group) is 1. The number of benzene rings is 1. The van der Waals surface area contributed by atoms with Gasteiger partial charge >= 0.3 is 6.09 Å². The van der Waals surface area contributed by atoms with Crippen molar-refractivity contribution in [2.45, 2.75) is 25.0 Å². The Morgan fingerprint density at radius 1 is 1.06 bits per heavy atom. The molecule has 0 radical (unpaired) electrons. The third-order valence-corrected chi connectivity index (χ3v) is 6.57. The van der Waals surface area contributed by atoms with E-state index in [4.69, 9.17) is 4.74 Å². The van der Waals surface area contributed by atoms with E-state index in [0.29, 0.717) is 32.7 Å². The van der Waals surface area contributed by atoms with E-state index < -0.39 is 30.1 Å². The van der Waals surface area contributed by atoms with Crippen LogP contribution in [-0.2, 0) is 14.3 Å². The van der Waals surface area contributed by atoms with Crippen LogP contribution in [0.15, 0.2) is 48.6 Å². The largest absolute Gasteiger partial charge is 0.445 e. The second-order valence-corrected chi connectivity index (χ2v) is 8.71. The standard InChI is InChI=1S/C24H30N4O5/c1-26-16-19(33-24(31)28-11-5-6-12-28)15-20(22(29)25-32)21(26)23(30)27-13-9-18(10-14-27)17-7-3-2-4-8-17/h2-9,19-21,32H,10-16H2,1H3,(H,25,29). The molecule has 3 heterocycles. The van der Waals surface area contributed by atoms with Crippen LogP contribution >= 0.6 is 0 Å². The summed E-state index contributed by atoms with van der Waals surface area (Å²) < 4.78 is 5.62. The number of hydrogen-bond acceptors (Lipinski definition) is 6. The van der Waals surface area contributed by atoms with Crippen molar-refractivity contribution in [2.24, 2.45) is 5.92 Å². The number of hydroxylamine groups is 1. The highest BCUT2D eigenvalue weighted by Crippen LogP contribution is 2.29. The molecule has 3 atom stereocenters. The predicted molar refractivity (Wildman–Crippen MR) is 121 cm³/mol. The van der Waals surface area contributed by atoms with Crippen molar-refractivity contribution in [3.8, 4) is 0 Å². The van der Waals surface area contributed by atoms with Crippen molar-refractivity contribution < 1.29 is 24.3 Å². The average Bonchev–Trinajstić information content (AvgIpc) is 3.39. The van der Waals surface area contributed by atoms with E-state index in [9.17, 15) is 19.6 Å².